The Labute approximate surface area is 457 Å². The predicted molar refractivity (Wildman–Crippen MR) is 318 cm³/mol. The molecule has 0 saturated carbocycles. The smallest absolute Gasteiger partial charge is 0.456 e. The van der Waals surface area contributed by atoms with Crippen LogP contribution in [0.25, 0.3) is 0 Å². The van der Waals surface area contributed by atoms with Crippen molar-refractivity contribution in [1.82, 2.24) is 5.32 Å². The van der Waals surface area contributed by atoms with Crippen LogP contribution in [0.15, 0.2) is 72.9 Å². The van der Waals surface area contributed by atoms with Crippen molar-refractivity contribution >= 4 is 19.7 Å². The Morgan fingerprint density at radius 2 is 0.824 bits per heavy atom. The molecule has 0 aliphatic carbocycles. The lowest BCUT2D eigenvalue weighted by molar-refractivity contribution is -0.870. The molecule has 1 amide bonds. The van der Waals surface area contributed by atoms with Gasteiger partial charge >= 0.3 is 13.8 Å². The third-order valence-corrected chi connectivity index (χ3v) is 14.4. The van der Waals surface area contributed by atoms with E-state index in [-0.39, 0.29) is 31.5 Å². The van der Waals surface area contributed by atoms with Gasteiger partial charge in [0.2, 0.25) is 5.91 Å². The van der Waals surface area contributed by atoms with Crippen LogP contribution in [-0.2, 0) is 27.9 Å². The second kappa shape index (κ2) is 53.8. The molecule has 10 heteroatoms. The summed E-state index contributed by atoms with van der Waals surface area (Å²) in [6.07, 6.45) is 68.9. The summed E-state index contributed by atoms with van der Waals surface area (Å²) >= 11 is 0. The molecule has 0 spiro atoms. The van der Waals surface area contributed by atoms with Crippen LogP contribution in [0.4, 0.5) is 0 Å². The zero-order valence-electron chi connectivity index (χ0n) is 49.1. The zero-order chi connectivity index (χ0) is 54.3. The molecular formula is C64H118N2O7P+. The topological polar surface area (TPSA) is 111 Å². The number of amides is 1. The van der Waals surface area contributed by atoms with Gasteiger partial charge in [-0.05, 0) is 102 Å². The first-order valence-corrected chi connectivity index (χ1v) is 32.3. The summed E-state index contributed by atoms with van der Waals surface area (Å²) in [4.78, 5) is 37.7. The van der Waals surface area contributed by atoms with Crippen molar-refractivity contribution in [1.29, 1.82) is 0 Å². The number of carbonyl (C=O) groups is 2. The largest absolute Gasteiger partial charge is 0.472 e. The van der Waals surface area contributed by atoms with E-state index in [1.807, 2.05) is 33.3 Å². The van der Waals surface area contributed by atoms with E-state index < -0.39 is 20.0 Å². The van der Waals surface area contributed by atoms with E-state index in [4.69, 9.17) is 13.8 Å². The molecule has 0 saturated heterocycles. The van der Waals surface area contributed by atoms with Gasteiger partial charge in [0.15, 0.2) is 0 Å². The van der Waals surface area contributed by atoms with Crippen molar-refractivity contribution in [2.75, 3.05) is 40.9 Å². The molecule has 0 radical (unpaired) electrons. The fourth-order valence-electron chi connectivity index (χ4n) is 8.56. The van der Waals surface area contributed by atoms with Gasteiger partial charge in [0.05, 0.1) is 33.8 Å². The van der Waals surface area contributed by atoms with Gasteiger partial charge < -0.3 is 19.4 Å². The summed E-state index contributed by atoms with van der Waals surface area (Å²) < 4.78 is 30.7. The quantitative estimate of drug-likeness (QED) is 0.0205. The van der Waals surface area contributed by atoms with Gasteiger partial charge in [0, 0.05) is 12.8 Å². The standard InChI is InChI=1S/C64H117N2O7P/c1-7-10-13-16-19-22-25-28-30-31-32-33-34-35-36-38-41-44-47-50-53-56-63(67)65-61(60-72-74(69,70)71-59-58-66(4,5)6)62(55-52-49-46-43-40-37-27-24-21-18-15-12-9-3)73-64(68)57-54-51-48-45-42-39-29-26-23-20-17-14-11-8-2/h19,22,28,30,32-33,35-36,39,42,52,55,61-62H,7-18,20-21,23-27,29,31,34,37-38,40-41,43-51,53-54,56-60H2,1-6H3,(H-,65,67,69,70)/p+1/b22-19-,30-28-,33-32-,36-35-,42-39-,55-52-. The summed E-state index contributed by atoms with van der Waals surface area (Å²) in [7, 11) is 1.47. The van der Waals surface area contributed by atoms with Crippen molar-refractivity contribution in [3.8, 4) is 0 Å². The number of nitrogens with one attached hydrogen (secondary N) is 1. The number of hydrogen-bond acceptors (Lipinski definition) is 6. The maximum Gasteiger partial charge on any atom is 0.472 e. The highest BCUT2D eigenvalue weighted by Gasteiger charge is 2.30. The number of carbonyl (C=O) groups excluding carboxylic acids is 2. The number of hydrogen-bond donors (Lipinski definition) is 2. The van der Waals surface area contributed by atoms with Crippen molar-refractivity contribution < 1.29 is 37.3 Å². The van der Waals surface area contributed by atoms with Gasteiger partial charge in [-0.1, -0.05) is 229 Å². The molecule has 9 nitrogen and oxygen atoms in total. The molecule has 0 rings (SSSR count). The number of nitrogens with zero attached hydrogens (tertiary/aromatic N) is 1. The lowest BCUT2D eigenvalue weighted by Crippen LogP contribution is -2.47. The molecule has 0 aromatic heterocycles. The van der Waals surface area contributed by atoms with Crippen LogP contribution in [0.3, 0.4) is 0 Å². The van der Waals surface area contributed by atoms with E-state index in [1.54, 1.807) is 0 Å². The molecule has 0 aliphatic rings. The van der Waals surface area contributed by atoms with Gasteiger partial charge in [-0.2, -0.15) is 0 Å². The summed E-state index contributed by atoms with van der Waals surface area (Å²) in [6.45, 7) is 6.96. The Balaban J connectivity index is 5.34. The molecule has 0 aromatic carbocycles. The molecule has 430 valence electrons. The Hall–Kier alpha value is -2.55. The van der Waals surface area contributed by atoms with Crippen molar-refractivity contribution in [2.45, 2.75) is 283 Å². The summed E-state index contributed by atoms with van der Waals surface area (Å²) in [6, 6.07) is -0.866. The fourth-order valence-corrected chi connectivity index (χ4v) is 9.30. The molecule has 0 bridgehead atoms. The van der Waals surface area contributed by atoms with Crippen LogP contribution in [-0.4, -0.2) is 74.3 Å². The third-order valence-electron chi connectivity index (χ3n) is 13.4. The van der Waals surface area contributed by atoms with Crippen LogP contribution in [0.5, 0.6) is 0 Å². The first kappa shape index (κ1) is 71.5. The number of phosphoric acid groups is 1. The Morgan fingerprint density at radius 1 is 0.473 bits per heavy atom. The average Bonchev–Trinajstić information content (AvgIpc) is 3.36. The molecule has 0 heterocycles. The maximum absolute atomic E-state index is 13.5. The molecule has 3 unspecified atom stereocenters. The highest BCUT2D eigenvalue weighted by Crippen LogP contribution is 2.43. The van der Waals surface area contributed by atoms with Crippen molar-refractivity contribution in [2.24, 2.45) is 0 Å². The second-order valence-electron chi connectivity index (χ2n) is 21.9. The Kier molecular flexibility index (Phi) is 52.0. The minimum atomic E-state index is -4.46. The van der Waals surface area contributed by atoms with Gasteiger partial charge in [-0.25, -0.2) is 4.57 Å². The van der Waals surface area contributed by atoms with Crippen LogP contribution >= 0.6 is 7.82 Å². The zero-order valence-corrected chi connectivity index (χ0v) is 50.0. The van der Waals surface area contributed by atoms with Gasteiger partial charge in [0.1, 0.15) is 19.3 Å². The normalized spacial score (nSPS) is 14.2. The number of ether oxygens (including phenoxy) is 1. The van der Waals surface area contributed by atoms with Crippen molar-refractivity contribution in [3.05, 3.63) is 72.9 Å². The average molecular weight is 1060 g/mol. The van der Waals surface area contributed by atoms with Crippen LogP contribution in [0, 0.1) is 0 Å². The predicted octanol–water partition coefficient (Wildman–Crippen LogP) is 18.8. The van der Waals surface area contributed by atoms with E-state index in [2.05, 4.69) is 86.8 Å². The molecule has 0 aromatic rings. The number of esters is 1. The SMILES string of the molecule is CCCCC/C=C\C/C=C\C/C=C\C/C=C\CCCCCCCC(=O)NC(COP(=O)(O)OCC[N+](C)(C)C)C(/C=C\CCCCCCCCCCCCC)OC(=O)CCCCC/C=C\CCCCCCCCC. The minimum Gasteiger partial charge on any atom is -0.456 e. The molecule has 3 atom stereocenters. The molecule has 0 fully saturated rings. The molecular weight excluding hydrogens is 940 g/mol. The first-order valence-electron chi connectivity index (χ1n) is 30.8. The summed E-state index contributed by atoms with van der Waals surface area (Å²) in [5.41, 5.74) is 0. The number of rotatable bonds is 55. The van der Waals surface area contributed by atoms with Gasteiger partial charge in [0.25, 0.3) is 0 Å². The highest BCUT2D eigenvalue weighted by molar-refractivity contribution is 7.47. The van der Waals surface area contributed by atoms with Gasteiger partial charge in [-0.15, -0.1) is 0 Å². The highest BCUT2D eigenvalue weighted by atomic mass is 31.2. The molecule has 2 N–H and O–H groups in total. The number of quaternary nitrogens is 1. The van der Waals surface area contributed by atoms with E-state index >= 15 is 0 Å². The number of likely N-dealkylation sites (N-methyl/N-ethyl adjacent to an activating group) is 1. The van der Waals surface area contributed by atoms with E-state index in [0.29, 0.717) is 23.9 Å². The second-order valence-corrected chi connectivity index (χ2v) is 23.3. The lowest BCUT2D eigenvalue weighted by atomic mass is 10.0. The first-order chi connectivity index (χ1) is 35.9. The number of unbranched alkanes of at least 4 members (excludes halogenated alkanes) is 29. The molecule has 0 aliphatic heterocycles. The van der Waals surface area contributed by atoms with Crippen LogP contribution < -0.4 is 5.32 Å². The van der Waals surface area contributed by atoms with Crippen molar-refractivity contribution in [3.63, 3.8) is 0 Å². The third kappa shape index (κ3) is 54.2. The van der Waals surface area contributed by atoms with Crippen LogP contribution in [0.2, 0.25) is 0 Å². The lowest BCUT2D eigenvalue weighted by Gasteiger charge is -2.27. The number of allylic oxidation sites excluding steroid dienone is 11. The van der Waals surface area contributed by atoms with Crippen LogP contribution in [0.1, 0.15) is 271 Å². The van der Waals surface area contributed by atoms with E-state index in [9.17, 15) is 19.0 Å². The number of phosphoric ester groups is 1. The van der Waals surface area contributed by atoms with Gasteiger partial charge in [-0.3, -0.25) is 18.6 Å². The Morgan fingerprint density at radius 3 is 1.28 bits per heavy atom. The Bertz CT molecular complexity index is 1500. The minimum absolute atomic E-state index is 0.0319. The monoisotopic (exact) mass is 1060 g/mol. The maximum atomic E-state index is 13.5. The summed E-state index contributed by atoms with van der Waals surface area (Å²) in [5.74, 6) is -0.543. The fraction of sp³-hybridized carbons (Fsp3) is 0.781. The van der Waals surface area contributed by atoms with E-state index in [0.717, 1.165) is 103 Å². The van der Waals surface area contributed by atoms with E-state index in [1.165, 1.54) is 128 Å². The summed E-state index contributed by atoms with van der Waals surface area (Å²) in [5, 5.41) is 3.04. The molecule has 74 heavy (non-hydrogen) atoms.